The van der Waals surface area contributed by atoms with E-state index < -0.39 is 17.5 Å². The van der Waals surface area contributed by atoms with Crippen LogP contribution in [-0.4, -0.2) is 46.6 Å². The predicted octanol–water partition coefficient (Wildman–Crippen LogP) is 6.57. The van der Waals surface area contributed by atoms with Crippen LogP contribution in [0.25, 0.3) is 0 Å². The molecule has 1 aliphatic heterocycles. The van der Waals surface area contributed by atoms with E-state index in [9.17, 15) is 24.6 Å². The number of carboxylic acids is 1. The van der Waals surface area contributed by atoms with Gasteiger partial charge in [-0.15, -0.1) is 0 Å². The van der Waals surface area contributed by atoms with E-state index in [0.29, 0.717) is 79.3 Å². The SMILES string of the molecule is CCCc1c(OCCCOc2ccc3c(c2CCC)OC(C)(CCC(C)C(=O)O)CC3=O)ccc(C(C)=O)c1O. The van der Waals surface area contributed by atoms with Crippen molar-refractivity contribution in [1.29, 1.82) is 0 Å². The summed E-state index contributed by atoms with van der Waals surface area (Å²) in [5.41, 5.74) is 1.55. The van der Waals surface area contributed by atoms with E-state index in [1.54, 1.807) is 25.1 Å². The van der Waals surface area contributed by atoms with Gasteiger partial charge in [0.1, 0.15) is 28.6 Å². The monoisotopic (exact) mass is 554 g/mol. The zero-order valence-corrected chi connectivity index (χ0v) is 24.3. The van der Waals surface area contributed by atoms with Crippen LogP contribution in [0.2, 0.25) is 0 Å². The van der Waals surface area contributed by atoms with E-state index in [4.69, 9.17) is 14.2 Å². The van der Waals surface area contributed by atoms with Crippen LogP contribution in [0, 0.1) is 5.92 Å². The fourth-order valence-corrected chi connectivity index (χ4v) is 5.02. The minimum absolute atomic E-state index is 0.00837. The van der Waals surface area contributed by atoms with Gasteiger partial charge in [-0.25, -0.2) is 0 Å². The van der Waals surface area contributed by atoms with E-state index in [2.05, 4.69) is 6.92 Å². The van der Waals surface area contributed by atoms with Gasteiger partial charge in [0.2, 0.25) is 0 Å². The third-order valence-electron chi connectivity index (χ3n) is 7.35. The lowest BCUT2D eigenvalue weighted by Crippen LogP contribution is -2.40. The van der Waals surface area contributed by atoms with Crippen molar-refractivity contribution in [3.05, 3.63) is 46.5 Å². The van der Waals surface area contributed by atoms with Gasteiger partial charge >= 0.3 is 5.97 Å². The van der Waals surface area contributed by atoms with Crippen molar-refractivity contribution >= 4 is 17.5 Å². The predicted molar refractivity (Wildman–Crippen MR) is 152 cm³/mol. The number of phenolic OH excluding ortho intramolecular Hbond substituents is 1. The summed E-state index contributed by atoms with van der Waals surface area (Å²) in [6.07, 6.45) is 4.57. The Bertz CT molecular complexity index is 1230. The Balaban J connectivity index is 1.69. The molecule has 0 spiro atoms. The number of phenols is 1. The molecule has 0 radical (unpaired) electrons. The molecule has 0 bridgehead atoms. The maximum atomic E-state index is 13.0. The van der Waals surface area contributed by atoms with Crippen LogP contribution in [0.1, 0.15) is 105 Å². The minimum atomic E-state index is -0.857. The number of aromatic hydroxyl groups is 1. The summed E-state index contributed by atoms with van der Waals surface area (Å²) in [5, 5.41) is 19.8. The number of fused-ring (bicyclic) bond motifs is 1. The number of carbonyl (C=O) groups is 3. The number of ether oxygens (including phenoxy) is 3. The molecule has 1 heterocycles. The molecule has 0 amide bonds. The van der Waals surface area contributed by atoms with Crippen LogP contribution in [-0.2, 0) is 17.6 Å². The quantitative estimate of drug-likeness (QED) is 0.187. The molecule has 2 aromatic carbocycles. The second-order valence-electron chi connectivity index (χ2n) is 10.9. The summed E-state index contributed by atoms with van der Waals surface area (Å²) in [5.74, 6) is 0.180. The molecule has 0 fully saturated rings. The van der Waals surface area contributed by atoms with Crippen LogP contribution in [0.15, 0.2) is 24.3 Å². The molecule has 3 rings (SSSR count). The fraction of sp³-hybridized carbons (Fsp3) is 0.531. The number of benzene rings is 2. The average molecular weight is 555 g/mol. The first-order chi connectivity index (χ1) is 19.0. The third kappa shape index (κ3) is 7.34. The highest BCUT2D eigenvalue weighted by Gasteiger charge is 2.38. The van der Waals surface area contributed by atoms with Crippen LogP contribution < -0.4 is 14.2 Å². The first-order valence-corrected chi connectivity index (χ1v) is 14.2. The highest BCUT2D eigenvalue weighted by molar-refractivity contribution is 6.01. The van der Waals surface area contributed by atoms with Crippen molar-refractivity contribution in [2.75, 3.05) is 13.2 Å². The van der Waals surface area contributed by atoms with E-state index in [-0.39, 0.29) is 23.7 Å². The Morgan fingerprint density at radius 2 is 1.62 bits per heavy atom. The zero-order valence-electron chi connectivity index (χ0n) is 24.3. The van der Waals surface area contributed by atoms with Crippen molar-refractivity contribution < 1.29 is 38.8 Å². The van der Waals surface area contributed by atoms with Gasteiger partial charge in [-0.05, 0) is 63.8 Å². The smallest absolute Gasteiger partial charge is 0.306 e. The average Bonchev–Trinajstić information content (AvgIpc) is 2.89. The topological polar surface area (TPSA) is 119 Å². The second kappa shape index (κ2) is 13.7. The van der Waals surface area contributed by atoms with Gasteiger partial charge in [0, 0.05) is 17.5 Å². The molecule has 218 valence electrons. The maximum absolute atomic E-state index is 13.0. The Labute approximate surface area is 236 Å². The molecule has 40 heavy (non-hydrogen) atoms. The Kier molecular flexibility index (Phi) is 10.6. The summed E-state index contributed by atoms with van der Waals surface area (Å²) in [4.78, 5) is 36.1. The molecule has 8 heteroatoms. The molecule has 1 aliphatic rings. The standard InChI is InChI=1S/C32H42O8/c1-6-9-24-27(13-11-22(21(4)33)29(24)35)38-17-8-18-39-28-14-12-23-26(34)19-32(5,16-15-20(3)31(36)37)40-30(23)25(28)10-7-2/h11-14,20,35H,6-10,15-19H2,1-5H3,(H,36,37). The molecular formula is C32H42O8. The van der Waals surface area contributed by atoms with Gasteiger partial charge in [0.25, 0.3) is 0 Å². The molecule has 2 N–H and O–H groups in total. The van der Waals surface area contributed by atoms with Crippen molar-refractivity contribution in [2.24, 2.45) is 5.92 Å². The first-order valence-electron chi connectivity index (χ1n) is 14.2. The first kappa shape index (κ1) is 31.0. The summed E-state index contributed by atoms with van der Waals surface area (Å²) in [7, 11) is 0. The molecule has 0 saturated heterocycles. The van der Waals surface area contributed by atoms with Crippen molar-refractivity contribution in [2.45, 2.75) is 91.6 Å². The van der Waals surface area contributed by atoms with Crippen LogP contribution in [0.4, 0.5) is 0 Å². The lowest BCUT2D eigenvalue weighted by molar-refractivity contribution is -0.141. The number of carboxylic acid groups (broad SMARTS) is 1. The van der Waals surface area contributed by atoms with E-state index in [0.717, 1.165) is 18.4 Å². The lowest BCUT2D eigenvalue weighted by Gasteiger charge is -2.37. The maximum Gasteiger partial charge on any atom is 0.306 e. The lowest BCUT2D eigenvalue weighted by atomic mass is 9.84. The van der Waals surface area contributed by atoms with Gasteiger partial charge in [-0.3, -0.25) is 14.4 Å². The number of Topliss-reactive ketones (excluding diaryl/α,β-unsaturated/α-hetero) is 2. The van der Waals surface area contributed by atoms with E-state index >= 15 is 0 Å². The number of carbonyl (C=O) groups excluding carboxylic acids is 2. The van der Waals surface area contributed by atoms with Gasteiger partial charge in [-0.1, -0.05) is 33.6 Å². The van der Waals surface area contributed by atoms with Crippen LogP contribution >= 0.6 is 0 Å². The largest absolute Gasteiger partial charge is 0.507 e. The van der Waals surface area contributed by atoms with Gasteiger partial charge in [-0.2, -0.15) is 0 Å². The highest BCUT2D eigenvalue weighted by Crippen LogP contribution is 2.42. The van der Waals surface area contributed by atoms with E-state index in [1.165, 1.54) is 6.92 Å². The minimum Gasteiger partial charge on any atom is -0.507 e. The summed E-state index contributed by atoms with van der Waals surface area (Å²) in [6, 6.07) is 6.88. The number of ketones is 2. The van der Waals surface area contributed by atoms with Crippen molar-refractivity contribution in [1.82, 2.24) is 0 Å². The second-order valence-corrected chi connectivity index (χ2v) is 10.9. The molecule has 0 saturated carbocycles. The number of hydrogen-bond acceptors (Lipinski definition) is 7. The molecule has 8 nitrogen and oxygen atoms in total. The number of hydrogen-bond donors (Lipinski definition) is 2. The Morgan fingerprint density at radius 1 is 1.02 bits per heavy atom. The van der Waals surface area contributed by atoms with Crippen LogP contribution in [0.5, 0.6) is 23.0 Å². The summed E-state index contributed by atoms with van der Waals surface area (Å²) < 4.78 is 18.5. The van der Waals surface area contributed by atoms with Gasteiger partial charge in [0.05, 0.1) is 36.7 Å². The van der Waals surface area contributed by atoms with Crippen molar-refractivity contribution in [3.8, 4) is 23.0 Å². The third-order valence-corrected chi connectivity index (χ3v) is 7.35. The number of aliphatic carboxylic acids is 1. The Morgan fingerprint density at radius 3 is 2.23 bits per heavy atom. The van der Waals surface area contributed by atoms with Crippen molar-refractivity contribution in [3.63, 3.8) is 0 Å². The summed E-state index contributed by atoms with van der Waals surface area (Å²) in [6.45, 7) is 9.75. The molecule has 2 atom stereocenters. The fourth-order valence-electron chi connectivity index (χ4n) is 5.02. The molecule has 2 aromatic rings. The molecular weight excluding hydrogens is 512 g/mol. The normalized spacial score (nSPS) is 17.1. The van der Waals surface area contributed by atoms with Crippen LogP contribution in [0.3, 0.4) is 0 Å². The molecule has 0 aromatic heterocycles. The number of rotatable bonds is 15. The molecule has 2 unspecified atom stereocenters. The highest BCUT2D eigenvalue weighted by atomic mass is 16.5. The van der Waals surface area contributed by atoms with Gasteiger partial charge < -0.3 is 24.4 Å². The zero-order chi connectivity index (χ0) is 29.4. The Hall–Kier alpha value is -3.55. The van der Waals surface area contributed by atoms with E-state index in [1.807, 2.05) is 19.9 Å². The summed E-state index contributed by atoms with van der Waals surface area (Å²) >= 11 is 0. The van der Waals surface area contributed by atoms with Gasteiger partial charge in [0.15, 0.2) is 11.6 Å². The molecule has 0 aliphatic carbocycles.